The summed E-state index contributed by atoms with van der Waals surface area (Å²) in [4.78, 5) is 0. The highest BCUT2D eigenvalue weighted by molar-refractivity contribution is 5.57. The van der Waals surface area contributed by atoms with Gasteiger partial charge < -0.3 is 10.1 Å². The molecule has 112 valence electrons. The second-order valence-electron chi connectivity index (χ2n) is 6.83. The van der Waals surface area contributed by atoms with Crippen molar-refractivity contribution in [2.75, 3.05) is 11.9 Å². The summed E-state index contributed by atoms with van der Waals surface area (Å²) in [5.74, 6) is 1.08. The molecule has 1 aromatic rings. The van der Waals surface area contributed by atoms with E-state index in [0.29, 0.717) is 29.7 Å². The van der Waals surface area contributed by atoms with Crippen LogP contribution >= 0.6 is 0 Å². The zero-order valence-electron chi connectivity index (χ0n) is 13.0. The van der Waals surface area contributed by atoms with Gasteiger partial charge in [0.25, 0.3) is 0 Å². The number of anilines is 1. The van der Waals surface area contributed by atoms with Crippen molar-refractivity contribution >= 4 is 5.69 Å². The Bertz CT molecular complexity index is 458. The van der Waals surface area contributed by atoms with Crippen LogP contribution in [0.15, 0.2) is 18.2 Å². The maximum Gasteiger partial charge on any atom is 0.145 e. The minimum absolute atomic E-state index is 0.253. The van der Waals surface area contributed by atoms with E-state index in [0.717, 1.165) is 18.5 Å². The molecule has 1 saturated carbocycles. The van der Waals surface area contributed by atoms with E-state index >= 15 is 0 Å². The minimum atomic E-state index is -0.253. The number of nitrogens with one attached hydrogen (secondary N) is 1. The molecule has 1 aliphatic carbocycles. The molecule has 0 aromatic heterocycles. The first kappa shape index (κ1) is 15.1. The molecule has 0 amide bonds. The quantitative estimate of drug-likeness (QED) is 0.850. The molecule has 3 heteroatoms. The first-order valence-corrected chi connectivity index (χ1v) is 7.58. The Morgan fingerprint density at radius 2 is 2.10 bits per heavy atom. The zero-order valence-corrected chi connectivity index (χ0v) is 13.0. The van der Waals surface area contributed by atoms with Crippen molar-refractivity contribution in [3.8, 4) is 5.75 Å². The third-order valence-electron chi connectivity index (χ3n) is 3.99. The molecule has 0 saturated heterocycles. The molecule has 2 rings (SSSR count). The molecule has 0 heterocycles. The van der Waals surface area contributed by atoms with Crippen LogP contribution in [0.4, 0.5) is 10.1 Å². The first-order chi connectivity index (χ1) is 9.39. The van der Waals surface area contributed by atoms with Crippen molar-refractivity contribution in [1.82, 2.24) is 0 Å². The highest BCUT2D eigenvalue weighted by Crippen LogP contribution is 2.40. The van der Waals surface area contributed by atoms with Crippen LogP contribution in [0.1, 0.15) is 47.0 Å². The van der Waals surface area contributed by atoms with Gasteiger partial charge >= 0.3 is 0 Å². The van der Waals surface area contributed by atoms with Crippen molar-refractivity contribution in [3.63, 3.8) is 0 Å². The van der Waals surface area contributed by atoms with Gasteiger partial charge in [0.1, 0.15) is 11.6 Å². The van der Waals surface area contributed by atoms with Crippen LogP contribution in [0.2, 0.25) is 0 Å². The maximum atomic E-state index is 13.3. The van der Waals surface area contributed by atoms with Gasteiger partial charge in [-0.05, 0) is 49.7 Å². The predicted molar refractivity (Wildman–Crippen MR) is 81.8 cm³/mol. The first-order valence-electron chi connectivity index (χ1n) is 7.58. The summed E-state index contributed by atoms with van der Waals surface area (Å²) in [5.41, 5.74) is 1.27. The number of ether oxygens (including phenoxy) is 1. The van der Waals surface area contributed by atoms with E-state index in [9.17, 15) is 4.39 Å². The van der Waals surface area contributed by atoms with Crippen LogP contribution in [0.3, 0.4) is 0 Å². The fourth-order valence-electron chi connectivity index (χ4n) is 3.57. The minimum Gasteiger partial charge on any atom is -0.492 e. The molecule has 0 bridgehead atoms. The van der Waals surface area contributed by atoms with Crippen LogP contribution < -0.4 is 10.1 Å². The Morgan fingerprint density at radius 1 is 1.35 bits per heavy atom. The van der Waals surface area contributed by atoms with E-state index in [1.807, 2.05) is 6.92 Å². The van der Waals surface area contributed by atoms with Gasteiger partial charge in [0.15, 0.2) is 0 Å². The highest BCUT2D eigenvalue weighted by Gasteiger charge is 2.32. The van der Waals surface area contributed by atoms with Gasteiger partial charge in [-0.3, -0.25) is 0 Å². The summed E-state index contributed by atoms with van der Waals surface area (Å²) in [5, 5.41) is 3.56. The molecule has 20 heavy (non-hydrogen) atoms. The fraction of sp³-hybridized carbons (Fsp3) is 0.647. The standard InChI is InChI=1S/C17H26FNO/c1-5-20-16-9-13(18)6-7-15(16)19-14-8-12(2)10-17(3,4)11-14/h6-7,9,12,14,19H,5,8,10-11H2,1-4H3. The van der Waals surface area contributed by atoms with Gasteiger partial charge in [-0.1, -0.05) is 20.8 Å². The summed E-state index contributed by atoms with van der Waals surface area (Å²) in [6.07, 6.45) is 3.57. The molecule has 1 N–H and O–H groups in total. The molecular weight excluding hydrogens is 253 g/mol. The molecule has 0 aliphatic heterocycles. The van der Waals surface area contributed by atoms with Gasteiger partial charge in [-0.25, -0.2) is 4.39 Å². The number of rotatable bonds is 4. The molecule has 2 unspecified atom stereocenters. The second-order valence-corrected chi connectivity index (χ2v) is 6.83. The van der Waals surface area contributed by atoms with E-state index < -0.39 is 0 Å². The van der Waals surface area contributed by atoms with E-state index in [2.05, 4.69) is 26.1 Å². The highest BCUT2D eigenvalue weighted by atomic mass is 19.1. The lowest BCUT2D eigenvalue weighted by Crippen LogP contribution is -2.35. The Kier molecular flexibility index (Phi) is 4.56. The lowest BCUT2D eigenvalue weighted by atomic mass is 9.70. The van der Waals surface area contributed by atoms with Gasteiger partial charge in [0.05, 0.1) is 12.3 Å². The Balaban J connectivity index is 2.13. The average molecular weight is 279 g/mol. The lowest BCUT2D eigenvalue weighted by Gasteiger charge is -2.39. The number of hydrogen-bond donors (Lipinski definition) is 1. The summed E-state index contributed by atoms with van der Waals surface area (Å²) >= 11 is 0. The molecule has 0 radical (unpaired) electrons. The van der Waals surface area contributed by atoms with Crippen molar-refractivity contribution in [2.24, 2.45) is 11.3 Å². The van der Waals surface area contributed by atoms with Crippen LogP contribution in [-0.2, 0) is 0 Å². The zero-order chi connectivity index (χ0) is 14.8. The summed E-state index contributed by atoms with van der Waals surface area (Å²) < 4.78 is 18.9. The topological polar surface area (TPSA) is 21.3 Å². The molecular formula is C17H26FNO. The number of hydrogen-bond acceptors (Lipinski definition) is 2. The summed E-state index contributed by atoms with van der Waals surface area (Å²) in [6.45, 7) is 9.42. The predicted octanol–water partition coefficient (Wildman–Crippen LogP) is 4.85. The molecule has 1 fully saturated rings. The van der Waals surface area contributed by atoms with Crippen molar-refractivity contribution in [1.29, 1.82) is 0 Å². The van der Waals surface area contributed by atoms with E-state index in [4.69, 9.17) is 4.74 Å². The van der Waals surface area contributed by atoms with Gasteiger partial charge in [0, 0.05) is 12.1 Å². The largest absolute Gasteiger partial charge is 0.492 e. The van der Waals surface area contributed by atoms with Crippen molar-refractivity contribution < 1.29 is 9.13 Å². The third kappa shape index (κ3) is 3.87. The Hall–Kier alpha value is -1.25. The molecule has 2 atom stereocenters. The Labute approximate surface area is 121 Å². The van der Waals surface area contributed by atoms with Crippen LogP contribution in [0.5, 0.6) is 5.75 Å². The SMILES string of the molecule is CCOc1cc(F)ccc1NC1CC(C)CC(C)(C)C1. The second kappa shape index (κ2) is 6.02. The Morgan fingerprint density at radius 3 is 2.75 bits per heavy atom. The molecule has 0 spiro atoms. The molecule has 2 nitrogen and oxygen atoms in total. The van der Waals surface area contributed by atoms with E-state index in [-0.39, 0.29) is 5.82 Å². The average Bonchev–Trinajstić information content (AvgIpc) is 2.30. The maximum absolute atomic E-state index is 13.3. The third-order valence-corrected chi connectivity index (χ3v) is 3.99. The lowest BCUT2D eigenvalue weighted by molar-refractivity contribution is 0.177. The molecule has 1 aliphatic rings. The van der Waals surface area contributed by atoms with Crippen LogP contribution in [0.25, 0.3) is 0 Å². The normalized spacial score (nSPS) is 25.2. The van der Waals surface area contributed by atoms with Crippen molar-refractivity contribution in [3.05, 3.63) is 24.0 Å². The molecule has 1 aromatic carbocycles. The fourth-order valence-corrected chi connectivity index (χ4v) is 3.57. The smallest absolute Gasteiger partial charge is 0.145 e. The van der Waals surface area contributed by atoms with Crippen molar-refractivity contribution in [2.45, 2.75) is 53.0 Å². The summed E-state index contributed by atoms with van der Waals surface area (Å²) in [7, 11) is 0. The van der Waals surface area contributed by atoms with Gasteiger partial charge in [-0.15, -0.1) is 0 Å². The van der Waals surface area contributed by atoms with Crippen LogP contribution in [0, 0.1) is 17.2 Å². The van der Waals surface area contributed by atoms with Crippen LogP contribution in [-0.4, -0.2) is 12.6 Å². The van der Waals surface area contributed by atoms with E-state index in [1.165, 1.54) is 18.6 Å². The summed E-state index contributed by atoms with van der Waals surface area (Å²) in [6, 6.07) is 5.16. The monoisotopic (exact) mass is 279 g/mol. The number of benzene rings is 1. The van der Waals surface area contributed by atoms with Gasteiger partial charge in [0.2, 0.25) is 0 Å². The van der Waals surface area contributed by atoms with E-state index in [1.54, 1.807) is 6.07 Å². The van der Waals surface area contributed by atoms with Gasteiger partial charge in [-0.2, -0.15) is 0 Å². The number of halogens is 1.